The highest BCUT2D eigenvalue weighted by molar-refractivity contribution is 8.76. The minimum absolute atomic E-state index is 0.0630. The van der Waals surface area contributed by atoms with E-state index in [9.17, 15) is 35.1 Å². The van der Waals surface area contributed by atoms with Gasteiger partial charge in [0, 0.05) is 29.2 Å². The molecule has 8 atom stereocenters. The van der Waals surface area contributed by atoms with Crippen molar-refractivity contribution in [3.63, 3.8) is 0 Å². The standard InChI is InChI=1S/C36H40N2O9S2/c1-19-13-22-28(41)21-5-4-6-23-27(21)29(42)35(22,25(40)14-19)17-48-49-18-38-26-15-20(8-12-37-26)33(9-2-3-10-33)24-7-11-34(16-39)32(44)36(24,45)30(43)31(46-23)47-34/h4-8,11,13-15,22,24,30-32,37-40,43-45H,2-3,9-10,12,16-18H2,1H3. The average molecular weight is 709 g/mol. The van der Waals surface area contributed by atoms with E-state index in [0.29, 0.717) is 30.8 Å². The van der Waals surface area contributed by atoms with E-state index >= 15 is 0 Å². The quantitative estimate of drug-likeness (QED) is 0.168. The number of hydrogen-bond donors (Lipinski definition) is 7. The number of hydrogen-bond acceptors (Lipinski definition) is 13. The van der Waals surface area contributed by atoms with Crippen molar-refractivity contribution in [2.75, 3.05) is 24.8 Å². The van der Waals surface area contributed by atoms with Gasteiger partial charge in [-0.1, -0.05) is 76.4 Å². The largest absolute Gasteiger partial charge is 0.511 e. The van der Waals surface area contributed by atoms with Crippen LogP contribution in [0, 0.1) is 22.7 Å². The van der Waals surface area contributed by atoms with Crippen molar-refractivity contribution in [1.29, 1.82) is 0 Å². The number of benzene rings is 1. The van der Waals surface area contributed by atoms with E-state index in [2.05, 4.69) is 16.7 Å². The van der Waals surface area contributed by atoms with Gasteiger partial charge in [-0.15, -0.1) is 0 Å². The lowest BCUT2D eigenvalue weighted by Crippen LogP contribution is -2.78. The molecular weight excluding hydrogens is 669 g/mol. The number of aliphatic hydroxyl groups excluding tert-OH is 4. The highest BCUT2D eigenvalue weighted by Gasteiger charge is 2.70. The summed E-state index contributed by atoms with van der Waals surface area (Å²) in [6.45, 7) is 1.56. The molecule has 0 amide bonds. The Morgan fingerprint density at radius 1 is 1.08 bits per heavy atom. The Bertz CT molecular complexity index is 1770. The number of ether oxygens (including phenoxy) is 2. The fourth-order valence-electron chi connectivity index (χ4n) is 9.30. The molecular formula is C36H40N2O9S2. The molecule has 7 aliphatic rings. The second kappa shape index (κ2) is 11.8. The summed E-state index contributed by atoms with van der Waals surface area (Å²) in [6.07, 6.45) is 8.56. The Balaban J connectivity index is 1.31. The van der Waals surface area contributed by atoms with Crippen LogP contribution in [0.5, 0.6) is 5.75 Å². The van der Waals surface area contributed by atoms with Crippen molar-refractivity contribution in [3.8, 4) is 5.75 Å². The van der Waals surface area contributed by atoms with E-state index in [1.54, 1.807) is 31.2 Å². The monoisotopic (exact) mass is 708 g/mol. The molecule has 13 heteroatoms. The number of dihydropyridines is 1. The lowest BCUT2D eigenvalue weighted by Gasteiger charge is -2.60. The van der Waals surface area contributed by atoms with Gasteiger partial charge in [-0.25, -0.2) is 0 Å². The maximum Gasteiger partial charge on any atom is 0.230 e. The molecule has 7 N–H and O–H groups in total. The number of carbonyl (C=O) groups excluding carboxylic acids is 2. The van der Waals surface area contributed by atoms with E-state index in [0.717, 1.165) is 24.2 Å². The second-order valence-electron chi connectivity index (χ2n) is 14.2. The number of aliphatic hydroxyl groups is 5. The Kier molecular flexibility index (Phi) is 7.95. The lowest BCUT2D eigenvalue weighted by molar-refractivity contribution is -0.355. The molecule has 8 unspecified atom stereocenters. The van der Waals surface area contributed by atoms with Crippen molar-refractivity contribution in [3.05, 3.63) is 88.5 Å². The van der Waals surface area contributed by atoms with Crippen molar-refractivity contribution in [2.45, 2.75) is 62.3 Å². The first-order valence-corrected chi connectivity index (χ1v) is 19.2. The van der Waals surface area contributed by atoms with Crippen molar-refractivity contribution >= 4 is 33.2 Å². The van der Waals surface area contributed by atoms with Gasteiger partial charge in [-0.05, 0) is 43.6 Å². The zero-order chi connectivity index (χ0) is 34.3. The fourth-order valence-corrected chi connectivity index (χ4v) is 11.6. The van der Waals surface area contributed by atoms with Crippen LogP contribution >= 0.6 is 21.6 Å². The van der Waals surface area contributed by atoms with Crippen LogP contribution in [0.4, 0.5) is 0 Å². The van der Waals surface area contributed by atoms with E-state index in [1.165, 1.54) is 39.8 Å². The smallest absolute Gasteiger partial charge is 0.230 e. The molecule has 2 spiro atoms. The second-order valence-corrected chi connectivity index (χ2v) is 16.7. The molecule has 11 nitrogen and oxygen atoms in total. The molecule has 1 aromatic rings. The number of allylic oxidation sites excluding steroid dienone is 6. The predicted molar refractivity (Wildman–Crippen MR) is 184 cm³/mol. The van der Waals surface area contributed by atoms with Gasteiger partial charge in [0.15, 0.2) is 11.6 Å². The zero-order valence-corrected chi connectivity index (χ0v) is 28.6. The van der Waals surface area contributed by atoms with Gasteiger partial charge in [-0.3, -0.25) is 9.59 Å². The zero-order valence-electron chi connectivity index (χ0n) is 26.9. The van der Waals surface area contributed by atoms with Crippen LogP contribution in [0.2, 0.25) is 0 Å². The van der Waals surface area contributed by atoms with Gasteiger partial charge in [-0.2, -0.15) is 0 Å². The summed E-state index contributed by atoms with van der Waals surface area (Å²) in [7, 11) is 2.84. The summed E-state index contributed by atoms with van der Waals surface area (Å²) in [6, 6.07) is 4.59. The molecule has 7 bridgehead atoms. The first-order chi connectivity index (χ1) is 23.5. The van der Waals surface area contributed by atoms with Crippen LogP contribution in [0.3, 0.4) is 0 Å². The topological polar surface area (TPSA) is 178 Å². The van der Waals surface area contributed by atoms with E-state index in [1.807, 2.05) is 6.08 Å². The number of rotatable bonds is 1. The minimum atomic E-state index is -2.25. The fraction of sp³-hybridized carbons (Fsp3) is 0.500. The molecule has 49 heavy (non-hydrogen) atoms. The highest BCUT2D eigenvalue weighted by Crippen LogP contribution is 2.60. The molecule has 1 aromatic carbocycles. The third-order valence-electron chi connectivity index (χ3n) is 11.8. The maximum absolute atomic E-state index is 14.8. The lowest BCUT2D eigenvalue weighted by atomic mass is 9.54. The van der Waals surface area contributed by atoms with E-state index in [4.69, 9.17) is 9.47 Å². The van der Waals surface area contributed by atoms with Gasteiger partial charge in [0.25, 0.3) is 0 Å². The van der Waals surface area contributed by atoms with Gasteiger partial charge < -0.3 is 45.6 Å². The van der Waals surface area contributed by atoms with E-state index in [-0.39, 0.29) is 34.2 Å². The molecule has 4 aliphatic carbocycles. The molecule has 2 fully saturated rings. The molecule has 3 aliphatic heterocycles. The third-order valence-corrected chi connectivity index (χ3v) is 14.0. The van der Waals surface area contributed by atoms with Crippen molar-refractivity contribution in [1.82, 2.24) is 10.6 Å². The summed E-state index contributed by atoms with van der Waals surface area (Å²) in [4.78, 5) is 29.0. The number of carbonyl (C=O) groups is 2. The Labute approximate surface area is 291 Å². The average Bonchev–Trinajstić information content (AvgIpc) is 3.59. The molecule has 8 rings (SSSR count). The van der Waals surface area contributed by atoms with E-state index < -0.39 is 64.8 Å². The Morgan fingerprint density at radius 3 is 2.65 bits per heavy atom. The first kappa shape index (κ1) is 33.1. The van der Waals surface area contributed by atoms with Crippen LogP contribution in [-0.4, -0.2) is 91.6 Å². The minimum Gasteiger partial charge on any atom is -0.511 e. The molecule has 1 saturated carbocycles. The highest BCUT2D eigenvalue weighted by atomic mass is 33.1. The van der Waals surface area contributed by atoms with Crippen LogP contribution in [0.25, 0.3) is 0 Å². The van der Waals surface area contributed by atoms with Gasteiger partial charge >= 0.3 is 0 Å². The SMILES string of the molecule is CC1=CC2C(=O)c3cccc4c3C(=O)C2(CSSCNC2=CC(=CCN2)C2(CCCC2)C2C=CC3(CO)OC(O4)C(O)C2(O)C3O)C(O)=C1. The van der Waals surface area contributed by atoms with Gasteiger partial charge in [0.2, 0.25) is 6.29 Å². The molecule has 0 aromatic heterocycles. The van der Waals surface area contributed by atoms with Crippen LogP contribution in [0.1, 0.15) is 53.3 Å². The molecule has 3 heterocycles. The number of nitrogens with one attached hydrogen (secondary N) is 2. The predicted octanol–water partition coefficient (Wildman–Crippen LogP) is 3.05. The summed E-state index contributed by atoms with van der Waals surface area (Å²) >= 11 is 0. The first-order valence-electron chi connectivity index (χ1n) is 16.7. The maximum atomic E-state index is 14.8. The van der Waals surface area contributed by atoms with Gasteiger partial charge in [0.1, 0.15) is 40.3 Å². The third kappa shape index (κ3) is 4.56. The number of fused-ring (bicyclic) bond motifs is 5. The van der Waals surface area contributed by atoms with Gasteiger partial charge in [0.05, 0.1) is 29.8 Å². The summed E-state index contributed by atoms with van der Waals surface area (Å²) < 4.78 is 12.5. The summed E-state index contributed by atoms with van der Waals surface area (Å²) in [5.41, 5.74) is -4.67. The van der Waals surface area contributed by atoms with Crippen LogP contribution in [-0.2, 0) is 4.74 Å². The Hall–Kier alpha value is -3.04. The summed E-state index contributed by atoms with van der Waals surface area (Å²) in [5.74, 6) is -1.62. The normalized spacial score (nSPS) is 39.2. The Morgan fingerprint density at radius 2 is 1.88 bits per heavy atom. The molecule has 260 valence electrons. The number of ketones is 2. The van der Waals surface area contributed by atoms with Crippen LogP contribution < -0.4 is 15.4 Å². The van der Waals surface area contributed by atoms with Crippen molar-refractivity contribution in [2.24, 2.45) is 22.7 Å². The molecule has 1 saturated heterocycles. The molecule has 0 radical (unpaired) electrons. The number of Topliss-reactive ketones (excluding diaryl/α,β-unsaturated/α-hetero) is 2. The summed E-state index contributed by atoms with van der Waals surface area (Å²) in [5, 5.41) is 65.6. The van der Waals surface area contributed by atoms with Crippen LogP contribution in [0.15, 0.2) is 77.4 Å². The van der Waals surface area contributed by atoms with Crippen molar-refractivity contribution < 1.29 is 44.6 Å².